The van der Waals surface area contributed by atoms with Crippen molar-refractivity contribution in [2.24, 2.45) is 0 Å². The number of ether oxygens (including phenoxy) is 1. The van der Waals surface area contributed by atoms with E-state index >= 15 is 0 Å². The molecule has 0 spiro atoms. The maximum Gasteiger partial charge on any atom is 0.350 e. The van der Waals surface area contributed by atoms with E-state index in [1.165, 1.54) is 23.8 Å². The van der Waals surface area contributed by atoms with Gasteiger partial charge in [-0.3, -0.25) is 4.79 Å². The fourth-order valence-electron chi connectivity index (χ4n) is 4.49. The summed E-state index contributed by atoms with van der Waals surface area (Å²) >= 11 is 2.38. The van der Waals surface area contributed by atoms with Crippen molar-refractivity contribution in [2.75, 3.05) is 18.2 Å². The molecule has 0 aliphatic heterocycles. The van der Waals surface area contributed by atoms with Crippen LogP contribution in [-0.4, -0.2) is 41.1 Å². The van der Waals surface area contributed by atoms with Gasteiger partial charge in [0.05, 0.1) is 18.5 Å². The van der Waals surface area contributed by atoms with Gasteiger partial charge in [0, 0.05) is 12.5 Å². The predicted octanol–water partition coefficient (Wildman–Crippen LogP) is 8.23. The van der Waals surface area contributed by atoms with Crippen LogP contribution >= 0.6 is 22.7 Å². The van der Waals surface area contributed by atoms with Crippen molar-refractivity contribution in [3.05, 3.63) is 135 Å². The van der Waals surface area contributed by atoms with E-state index in [2.05, 4.69) is 22.2 Å². The Morgan fingerprint density at radius 1 is 0.771 bits per heavy atom. The molecule has 4 aromatic carbocycles. The highest BCUT2D eigenvalue weighted by atomic mass is 32.1. The Labute approximate surface area is 284 Å². The van der Waals surface area contributed by atoms with Gasteiger partial charge < -0.3 is 26.0 Å². The van der Waals surface area contributed by atoms with E-state index in [9.17, 15) is 19.2 Å². The van der Waals surface area contributed by atoms with Gasteiger partial charge in [-0.1, -0.05) is 78.9 Å². The Morgan fingerprint density at radius 3 is 1.98 bits per heavy atom. The molecule has 244 valence electrons. The van der Waals surface area contributed by atoms with Crippen molar-refractivity contribution < 1.29 is 34.1 Å². The van der Waals surface area contributed by atoms with Crippen LogP contribution in [0.25, 0.3) is 27.6 Å². The number of aromatic carboxylic acids is 1. The molecule has 0 aliphatic carbocycles. The lowest BCUT2D eigenvalue weighted by Crippen LogP contribution is -2.13. The quantitative estimate of drug-likeness (QED) is 0.0925. The largest absolute Gasteiger partial charge is 0.478 e. The number of carboxylic acid groups (broad SMARTS) is 2. The summed E-state index contributed by atoms with van der Waals surface area (Å²) in [5.41, 5.74) is 8.26. The lowest BCUT2D eigenvalue weighted by Gasteiger charge is -2.06. The van der Waals surface area contributed by atoms with Gasteiger partial charge in [-0.25, -0.2) is 14.4 Å². The fourth-order valence-corrected chi connectivity index (χ4v) is 5.92. The number of rotatable bonds is 8. The first-order chi connectivity index (χ1) is 23.1. The molecule has 9 nitrogen and oxygen atoms in total. The second-order valence-corrected chi connectivity index (χ2v) is 12.0. The first-order valence-electron chi connectivity index (χ1n) is 14.5. The Kier molecular flexibility index (Phi) is 12.6. The van der Waals surface area contributed by atoms with Crippen LogP contribution in [0.3, 0.4) is 0 Å². The molecule has 6 aromatic rings. The van der Waals surface area contributed by atoms with Gasteiger partial charge in [0.2, 0.25) is 5.91 Å². The Morgan fingerprint density at radius 2 is 1.38 bits per heavy atom. The van der Waals surface area contributed by atoms with Crippen molar-refractivity contribution in [1.82, 2.24) is 0 Å². The number of carbonyl (C=O) groups is 4. The fraction of sp³-hybridized carbons (Fsp3) is 0.0811. The predicted molar refractivity (Wildman–Crippen MR) is 193 cm³/mol. The third kappa shape index (κ3) is 10.1. The normalized spacial score (nSPS) is 10.4. The monoisotopic (exact) mass is 680 g/mol. The zero-order valence-corrected chi connectivity index (χ0v) is 27.4. The number of anilines is 2. The number of carboxylic acids is 2. The first-order valence-corrected chi connectivity index (χ1v) is 16.3. The Hall–Kier alpha value is -5.78. The average molecular weight is 681 g/mol. The number of aryl methyl sites for hydroxylation is 1. The van der Waals surface area contributed by atoms with Crippen molar-refractivity contribution in [3.63, 3.8) is 0 Å². The molecule has 0 radical (unpaired) electrons. The zero-order valence-electron chi connectivity index (χ0n) is 25.8. The molecule has 48 heavy (non-hydrogen) atoms. The molecule has 0 unspecified atom stereocenters. The lowest BCUT2D eigenvalue weighted by atomic mass is 10.0. The molecule has 1 amide bonds. The number of thiophene rings is 2. The number of nitrogen functional groups attached to an aromatic ring is 1. The molecule has 0 saturated heterocycles. The number of carbonyl (C=O) groups excluding carboxylic acids is 2. The van der Waals surface area contributed by atoms with E-state index in [1.807, 2.05) is 72.8 Å². The van der Waals surface area contributed by atoms with Gasteiger partial charge >= 0.3 is 17.9 Å². The minimum absolute atomic E-state index is 0.157. The summed E-state index contributed by atoms with van der Waals surface area (Å²) in [5.74, 6) is -2.50. The van der Waals surface area contributed by atoms with Gasteiger partial charge in [-0.2, -0.15) is 0 Å². The zero-order chi connectivity index (χ0) is 34.5. The van der Waals surface area contributed by atoms with E-state index in [0.717, 1.165) is 44.7 Å². The van der Waals surface area contributed by atoms with Gasteiger partial charge in [0.25, 0.3) is 0 Å². The van der Waals surface area contributed by atoms with Crippen LogP contribution in [0, 0.1) is 0 Å². The van der Waals surface area contributed by atoms with Crippen LogP contribution in [0.4, 0.5) is 11.4 Å². The number of methoxy groups -OCH3 is 1. The minimum Gasteiger partial charge on any atom is -0.478 e. The standard InChI is InChI=1S/C18H15NO3S.C13H10O2.C6H7NO2S/c20-16(19-15-9-10-23-17(15)18(21)22)8-6-12-5-7-13-3-1-2-4-14(13)11-12;14-13(15)8-6-10-5-7-11-3-1-2-4-12(11)9-10;1-9-6(8)5-4(7)2-3-10-5/h1-5,7,9-11H,6,8H2,(H,19,20)(H,21,22);1-9H,(H,14,15);2-3H,7H2,1H3/b;8-6+;. The molecule has 0 aliphatic rings. The maximum absolute atomic E-state index is 12.0. The summed E-state index contributed by atoms with van der Waals surface area (Å²) in [6, 6.07) is 31.4. The van der Waals surface area contributed by atoms with Crippen LogP contribution in [0.2, 0.25) is 0 Å². The second-order valence-electron chi connectivity index (χ2n) is 10.2. The van der Waals surface area contributed by atoms with E-state index in [-0.39, 0.29) is 16.8 Å². The number of nitrogens with two attached hydrogens (primary N) is 1. The lowest BCUT2D eigenvalue weighted by molar-refractivity contribution is -0.131. The summed E-state index contributed by atoms with van der Waals surface area (Å²) in [6.07, 6.45) is 3.66. The number of hydrogen-bond acceptors (Lipinski definition) is 8. The highest BCUT2D eigenvalue weighted by Crippen LogP contribution is 2.23. The number of hydrogen-bond donors (Lipinski definition) is 4. The SMILES string of the molecule is COC(=O)c1sccc1N.O=C(CCc1ccc2ccccc2c1)Nc1ccsc1C(=O)O.O=C(O)/C=C/c1ccc2ccccc2c1. The number of fused-ring (bicyclic) bond motifs is 2. The highest BCUT2D eigenvalue weighted by molar-refractivity contribution is 7.13. The van der Waals surface area contributed by atoms with E-state index in [4.69, 9.17) is 15.9 Å². The summed E-state index contributed by atoms with van der Waals surface area (Å²) in [4.78, 5) is 44.8. The highest BCUT2D eigenvalue weighted by Gasteiger charge is 2.14. The Bertz CT molecular complexity index is 2080. The maximum atomic E-state index is 12.0. The van der Waals surface area contributed by atoms with E-state index in [0.29, 0.717) is 29.1 Å². The molecule has 2 heterocycles. The van der Waals surface area contributed by atoms with Crippen molar-refractivity contribution >= 4 is 85.5 Å². The summed E-state index contributed by atoms with van der Waals surface area (Å²) in [6.45, 7) is 0. The van der Waals surface area contributed by atoms with Crippen molar-refractivity contribution in [3.8, 4) is 0 Å². The molecular formula is C37H32N2O7S2. The van der Waals surface area contributed by atoms with Crippen molar-refractivity contribution in [2.45, 2.75) is 12.8 Å². The molecule has 0 bridgehead atoms. The number of amides is 1. The summed E-state index contributed by atoms with van der Waals surface area (Å²) in [7, 11) is 1.33. The van der Waals surface area contributed by atoms with Crippen LogP contribution in [-0.2, 0) is 20.7 Å². The third-order valence-corrected chi connectivity index (χ3v) is 8.66. The smallest absolute Gasteiger partial charge is 0.350 e. The van der Waals surface area contributed by atoms with Gasteiger partial charge in [0.15, 0.2) is 0 Å². The minimum atomic E-state index is -1.02. The molecule has 11 heteroatoms. The van der Waals surface area contributed by atoms with Crippen molar-refractivity contribution in [1.29, 1.82) is 0 Å². The van der Waals surface area contributed by atoms with E-state index in [1.54, 1.807) is 29.0 Å². The van der Waals surface area contributed by atoms with Gasteiger partial charge in [-0.15, -0.1) is 22.7 Å². The molecular weight excluding hydrogens is 649 g/mol. The van der Waals surface area contributed by atoms with Crippen LogP contribution < -0.4 is 11.1 Å². The number of aliphatic carboxylic acids is 1. The molecule has 0 fully saturated rings. The summed E-state index contributed by atoms with van der Waals surface area (Å²) < 4.78 is 4.47. The van der Waals surface area contributed by atoms with Crippen LogP contribution in [0.1, 0.15) is 36.9 Å². The van der Waals surface area contributed by atoms with Crippen LogP contribution in [0.15, 0.2) is 114 Å². The molecule has 2 aromatic heterocycles. The van der Waals surface area contributed by atoms with Gasteiger partial charge in [0.1, 0.15) is 9.75 Å². The molecule has 0 atom stereocenters. The van der Waals surface area contributed by atoms with Gasteiger partial charge in [-0.05, 0) is 74.1 Å². The van der Waals surface area contributed by atoms with E-state index < -0.39 is 11.9 Å². The molecule has 6 rings (SSSR count). The van der Waals surface area contributed by atoms with Crippen LogP contribution in [0.5, 0.6) is 0 Å². The summed E-state index contributed by atoms with van der Waals surface area (Å²) in [5, 5.41) is 28.2. The Balaban J connectivity index is 0.000000178. The number of benzene rings is 4. The molecule has 0 saturated carbocycles. The topological polar surface area (TPSA) is 156 Å². The molecule has 5 N–H and O–H groups in total. The first kappa shape index (κ1) is 35.1. The second kappa shape index (κ2) is 17.2. The third-order valence-electron chi connectivity index (χ3n) is 6.85. The average Bonchev–Trinajstić information content (AvgIpc) is 3.75. The number of esters is 1. The number of nitrogens with one attached hydrogen (secondary N) is 1.